The van der Waals surface area contributed by atoms with E-state index in [9.17, 15) is 4.79 Å². The van der Waals surface area contributed by atoms with Crippen molar-refractivity contribution < 1.29 is 4.79 Å². The number of hydrogen-bond acceptors (Lipinski definition) is 2. The van der Waals surface area contributed by atoms with Crippen LogP contribution in [0.5, 0.6) is 0 Å². The van der Waals surface area contributed by atoms with Crippen LogP contribution >= 0.6 is 15.9 Å². The van der Waals surface area contributed by atoms with E-state index >= 15 is 0 Å². The minimum atomic E-state index is -0.0280. The largest absolute Gasteiger partial charge is 0.348 e. The van der Waals surface area contributed by atoms with Crippen LogP contribution in [0.2, 0.25) is 0 Å². The van der Waals surface area contributed by atoms with E-state index in [2.05, 4.69) is 56.5 Å². The summed E-state index contributed by atoms with van der Waals surface area (Å²) in [5, 5.41) is 3.18. The van der Waals surface area contributed by atoms with Gasteiger partial charge in [0.25, 0.3) is 0 Å². The molecule has 2 aromatic carbocycles. The van der Waals surface area contributed by atoms with Crippen molar-refractivity contribution in [2.75, 3.05) is 6.54 Å². The number of carbonyl (C=O) groups excluding carboxylic acids is 1. The number of nitrogens with zero attached hydrogens (tertiary/aromatic N) is 1. The molecule has 4 heteroatoms. The molecule has 2 unspecified atom stereocenters. The van der Waals surface area contributed by atoms with Gasteiger partial charge in [0.2, 0.25) is 5.91 Å². The summed E-state index contributed by atoms with van der Waals surface area (Å²) in [5.74, 6) is 0.135. The first-order chi connectivity index (χ1) is 11.6. The number of likely N-dealkylation sites (tertiary alicyclic amines) is 1. The molecule has 24 heavy (non-hydrogen) atoms. The zero-order chi connectivity index (χ0) is 16.9. The fourth-order valence-electron chi connectivity index (χ4n) is 3.30. The number of benzene rings is 2. The fourth-order valence-corrected chi connectivity index (χ4v) is 3.72. The molecule has 3 rings (SSSR count). The van der Waals surface area contributed by atoms with Crippen LogP contribution < -0.4 is 5.32 Å². The maximum Gasteiger partial charge on any atom is 0.237 e. The van der Waals surface area contributed by atoms with Crippen LogP contribution in [0.25, 0.3) is 0 Å². The van der Waals surface area contributed by atoms with Crippen molar-refractivity contribution in [3.05, 3.63) is 70.2 Å². The molecule has 1 aliphatic heterocycles. The van der Waals surface area contributed by atoms with Crippen LogP contribution in [-0.2, 0) is 11.3 Å². The maximum atomic E-state index is 12.8. The van der Waals surface area contributed by atoms with Gasteiger partial charge in [0.15, 0.2) is 0 Å². The third kappa shape index (κ3) is 4.25. The van der Waals surface area contributed by atoms with Gasteiger partial charge in [-0.3, -0.25) is 9.69 Å². The quantitative estimate of drug-likeness (QED) is 0.830. The van der Waals surface area contributed by atoms with Gasteiger partial charge in [0, 0.05) is 11.0 Å². The zero-order valence-electron chi connectivity index (χ0n) is 13.9. The Morgan fingerprint density at radius 3 is 2.79 bits per heavy atom. The van der Waals surface area contributed by atoms with Gasteiger partial charge in [-0.05, 0) is 49.6 Å². The van der Waals surface area contributed by atoms with Crippen LogP contribution in [-0.4, -0.2) is 23.4 Å². The standard InChI is InChI=1S/C20H23BrN2O/c1-15(17-9-5-10-18(21)13-17)22-20(24)19-11-6-12-23(19)14-16-7-3-2-4-8-16/h2-5,7-10,13,15,19H,6,11-12,14H2,1H3,(H,22,24). The Morgan fingerprint density at radius 2 is 2.04 bits per heavy atom. The van der Waals surface area contributed by atoms with Crippen molar-refractivity contribution in [2.24, 2.45) is 0 Å². The van der Waals surface area contributed by atoms with E-state index in [0.717, 1.165) is 36.0 Å². The van der Waals surface area contributed by atoms with Crippen molar-refractivity contribution in [2.45, 2.75) is 38.4 Å². The SMILES string of the molecule is CC(NC(=O)C1CCCN1Cc1ccccc1)c1cccc(Br)c1. The number of nitrogens with one attached hydrogen (secondary N) is 1. The molecule has 0 saturated carbocycles. The molecule has 1 aliphatic rings. The number of rotatable bonds is 5. The summed E-state index contributed by atoms with van der Waals surface area (Å²) in [6, 6.07) is 18.5. The molecule has 2 atom stereocenters. The summed E-state index contributed by atoms with van der Waals surface area (Å²) in [5.41, 5.74) is 2.38. The molecule has 0 radical (unpaired) electrons. The number of hydrogen-bond donors (Lipinski definition) is 1. The molecule has 1 heterocycles. The Balaban J connectivity index is 1.63. The van der Waals surface area contributed by atoms with Crippen molar-refractivity contribution in [3.63, 3.8) is 0 Å². The molecule has 0 aliphatic carbocycles. The Hall–Kier alpha value is -1.65. The Kier molecular flexibility index (Phi) is 5.69. The number of halogens is 1. The molecule has 3 nitrogen and oxygen atoms in total. The van der Waals surface area contributed by atoms with E-state index in [4.69, 9.17) is 0 Å². The number of amides is 1. The van der Waals surface area contributed by atoms with Crippen LogP contribution in [0.3, 0.4) is 0 Å². The van der Waals surface area contributed by atoms with Crippen LogP contribution in [0.15, 0.2) is 59.1 Å². The van der Waals surface area contributed by atoms with Crippen molar-refractivity contribution in [1.82, 2.24) is 10.2 Å². The molecule has 0 bridgehead atoms. The van der Waals surface area contributed by atoms with Crippen LogP contribution in [0.4, 0.5) is 0 Å². The summed E-state index contributed by atoms with van der Waals surface area (Å²) in [6.45, 7) is 3.86. The predicted octanol–water partition coefficient (Wildman–Crippen LogP) is 4.29. The highest BCUT2D eigenvalue weighted by atomic mass is 79.9. The Labute approximate surface area is 152 Å². The topological polar surface area (TPSA) is 32.3 Å². The van der Waals surface area contributed by atoms with Gasteiger partial charge >= 0.3 is 0 Å². The van der Waals surface area contributed by atoms with Crippen molar-refractivity contribution in [3.8, 4) is 0 Å². The summed E-state index contributed by atoms with van der Waals surface area (Å²) >= 11 is 3.49. The van der Waals surface area contributed by atoms with E-state index < -0.39 is 0 Å². The molecular formula is C20H23BrN2O. The summed E-state index contributed by atoms with van der Waals surface area (Å²) in [4.78, 5) is 15.0. The summed E-state index contributed by atoms with van der Waals surface area (Å²) in [7, 11) is 0. The van der Waals surface area contributed by atoms with Gasteiger partial charge in [-0.1, -0.05) is 58.4 Å². The lowest BCUT2D eigenvalue weighted by molar-refractivity contribution is -0.126. The Bertz CT molecular complexity index is 689. The minimum absolute atomic E-state index is 0.00850. The first-order valence-electron chi connectivity index (χ1n) is 8.47. The molecule has 126 valence electrons. The van der Waals surface area contributed by atoms with E-state index in [1.54, 1.807) is 0 Å². The molecule has 2 aromatic rings. The van der Waals surface area contributed by atoms with E-state index in [-0.39, 0.29) is 18.0 Å². The molecule has 1 N–H and O–H groups in total. The number of carbonyl (C=O) groups is 1. The summed E-state index contributed by atoms with van der Waals surface area (Å²) in [6.07, 6.45) is 2.01. The van der Waals surface area contributed by atoms with Crippen LogP contribution in [0, 0.1) is 0 Å². The van der Waals surface area contributed by atoms with Gasteiger partial charge in [-0.15, -0.1) is 0 Å². The second-order valence-corrected chi connectivity index (χ2v) is 7.32. The highest BCUT2D eigenvalue weighted by Crippen LogP contribution is 2.22. The smallest absolute Gasteiger partial charge is 0.237 e. The lowest BCUT2D eigenvalue weighted by atomic mass is 10.1. The normalized spacial score (nSPS) is 19.2. The predicted molar refractivity (Wildman–Crippen MR) is 101 cm³/mol. The highest BCUT2D eigenvalue weighted by molar-refractivity contribution is 9.10. The fraction of sp³-hybridized carbons (Fsp3) is 0.350. The van der Waals surface area contributed by atoms with Gasteiger partial charge in [-0.2, -0.15) is 0 Å². The van der Waals surface area contributed by atoms with Gasteiger partial charge in [-0.25, -0.2) is 0 Å². The molecule has 0 spiro atoms. The van der Waals surface area contributed by atoms with E-state index in [0.29, 0.717) is 0 Å². The monoisotopic (exact) mass is 386 g/mol. The average molecular weight is 387 g/mol. The lowest BCUT2D eigenvalue weighted by Crippen LogP contribution is -2.43. The molecule has 1 saturated heterocycles. The van der Waals surface area contributed by atoms with Gasteiger partial charge in [0.1, 0.15) is 0 Å². The zero-order valence-corrected chi connectivity index (χ0v) is 15.5. The second kappa shape index (κ2) is 7.95. The first kappa shape index (κ1) is 17.2. The Morgan fingerprint density at radius 1 is 1.25 bits per heavy atom. The lowest BCUT2D eigenvalue weighted by Gasteiger charge is -2.25. The summed E-state index contributed by atoms with van der Waals surface area (Å²) < 4.78 is 1.03. The first-order valence-corrected chi connectivity index (χ1v) is 9.26. The molecule has 1 fully saturated rings. The maximum absolute atomic E-state index is 12.8. The molecule has 1 amide bonds. The highest BCUT2D eigenvalue weighted by Gasteiger charge is 2.31. The third-order valence-corrected chi connectivity index (χ3v) is 5.10. The second-order valence-electron chi connectivity index (χ2n) is 6.40. The molecule has 0 aromatic heterocycles. The van der Waals surface area contributed by atoms with Crippen molar-refractivity contribution in [1.29, 1.82) is 0 Å². The van der Waals surface area contributed by atoms with Crippen molar-refractivity contribution >= 4 is 21.8 Å². The average Bonchev–Trinajstić information content (AvgIpc) is 3.04. The van der Waals surface area contributed by atoms with Gasteiger partial charge < -0.3 is 5.32 Å². The third-order valence-electron chi connectivity index (χ3n) is 4.60. The minimum Gasteiger partial charge on any atom is -0.348 e. The van der Waals surface area contributed by atoms with E-state index in [1.807, 2.05) is 31.2 Å². The van der Waals surface area contributed by atoms with Gasteiger partial charge in [0.05, 0.1) is 12.1 Å². The van der Waals surface area contributed by atoms with E-state index in [1.165, 1.54) is 5.56 Å². The molecular weight excluding hydrogens is 364 g/mol. The van der Waals surface area contributed by atoms with Crippen LogP contribution in [0.1, 0.15) is 36.9 Å².